The van der Waals surface area contributed by atoms with E-state index in [-0.39, 0.29) is 0 Å². The van der Waals surface area contributed by atoms with Crippen LogP contribution in [0, 0.1) is 5.41 Å². The molecule has 1 N–H and O–H groups in total. The van der Waals surface area contributed by atoms with Gasteiger partial charge in [-0.15, -0.1) is 0 Å². The van der Waals surface area contributed by atoms with Crippen LogP contribution in [0.1, 0.15) is 53.9 Å². The average molecular weight is 270 g/mol. The molecule has 0 bridgehead atoms. The number of nitrogens with one attached hydrogen (secondary N) is 1. The van der Waals surface area contributed by atoms with Gasteiger partial charge < -0.3 is 10.1 Å². The Labute approximate surface area is 120 Å². The number of hydrogen-bond donors (Lipinski definition) is 1. The van der Waals surface area contributed by atoms with Crippen molar-refractivity contribution in [2.45, 2.75) is 72.0 Å². The molecule has 1 aliphatic carbocycles. The number of ether oxygens (including phenoxy) is 1. The van der Waals surface area contributed by atoms with E-state index in [0.717, 1.165) is 19.7 Å². The normalized spacial score (nSPS) is 27.2. The fourth-order valence-corrected chi connectivity index (χ4v) is 3.60. The maximum absolute atomic E-state index is 5.30. The molecular weight excluding hydrogens is 236 g/mol. The lowest BCUT2D eigenvalue weighted by atomic mass is 9.70. The van der Waals surface area contributed by atoms with Crippen LogP contribution in [0.3, 0.4) is 0 Å². The van der Waals surface area contributed by atoms with Crippen molar-refractivity contribution in [2.24, 2.45) is 5.41 Å². The minimum absolute atomic E-state index is 0.388. The van der Waals surface area contributed by atoms with Gasteiger partial charge in [0.05, 0.1) is 6.61 Å². The van der Waals surface area contributed by atoms with Gasteiger partial charge in [0, 0.05) is 31.8 Å². The lowest BCUT2D eigenvalue weighted by molar-refractivity contribution is 0.0169. The van der Waals surface area contributed by atoms with E-state index in [1.165, 1.54) is 19.3 Å². The largest absolute Gasteiger partial charge is 0.383 e. The van der Waals surface area contributed by atoms with Gasteiger partial charge >= 0.3 is 0 Å². The predicted octanol–water partition coefficient (Wildman–Crippen LogP) is 2.90. The average Bonchev–Trinajstić information content (AvgIpc) is 2.33. The minimum atomic E-state index is 0.388. The van der Waals surface area contributed by atoms with E-state index in [9.17, 15) is 0 Å². The molecule has 0 heterocycles. The smallest absolute Gasteiger partial charge is 0.0589 e. The second-order valence-corrected chi connectivity index (χ2v) is 6.81. The summed E-state index contributed by atoms with van der Waals surface area (Å²) in [5.74, 6) is 0. The van der Waals surface area contributed by atoms with Gasteiger partial charge in [0.2, 0.25) is 0 Å². The van der Waals surface area contributed by atoms with Gasteiger partial charge in [0.1, 0.15) is 0 Å². The van der Waals surface area contributed by atoms with E-state index < -0.39 is 0 Å². The van der Waals surface area contributed by atoms with E-state index in [1.807, 2.05) is 0 Å². The zero-order chi connectivity index (χ0) is 14.5. The molecule has 1 aliphatic rings. The first kappa shape index (κ1) is 16.9. The first-order valence-electron chi connectivity index (χ1n) is 7.92. The molecule has 1 saturated carbocycles. The number of methoxy groups -OCH3 is 1. The molecular formula is C16H34N2O. The van der Waals surface area contributed by atoms with Crippen LogP contribution in [-0.4, -0.2) is 49.8 Å². The van der Waals surface area contributed by atoms with Crippen molar-refractivity contribution >= 4 is 0 Å². The molecule has 0 radical (unpaired) electrons. The summed E-state index contributed by atoms with van der Waals surface area (Å²) in [4.78, 5) is 2.64. The van der Waals surface area contributed by atoms with Crippen LogP contribution in [0.25, 0.3) is 0 Å². The molecule has 3 nitrogen and oxygen atoms in total. The minimum Gasteiger partial charge on any atom is -0.383 e. The Kier molecular flexibility index (Phi) is 6.78. The summed E-state index contributed by atoms with van der Waals surface area (Å²) in [5.41, 5.74) is 0.388. The van der Waals surface area contributed by atoms with Gasteiger partial charge in [0.15, 0.2) is 0 Å². The van der Waals surface area contributed by atoms with E-state index >= 15 is 0 Å². The molecule has 0 aliphatic heterocycles. The molecule has 3 heteroatoms. The molecule has 0 amide bonds. The molecule has 114 valence electrons. The molecule has 0 aromatic carbocycles. The second kappa shape index (κ2) is 7.61. The Morgan fingerprint density at radius 1 is 1.37 bits per heavy atom. The Bertz CT molecular complexity index is 253. The molecule has 2 unspecified atom stereocenters. The predicted molar refractivity (Wildman–Crippen MR) is 82.6 cm³/mol. The zero-order valence-corrected chi connectivity index (χ0v) is 13.8. The van der Waals surface area contributed by atoms with Crippen LogP contribution in [0.2, 0.25) is 0 Å². The highest BCUT2D eigenvalue weighted by Gasteiger charge is 2.41. The summed E-state index contributed by atoms with van der Waals surface area (Å²) in [6.45, 7) is 14.6. The highest BCUT2D eigenvalue weighted by molar-refractivity contribution is 4.98. The molecule has 0 saturated heterocycles. The van der Waals surface area contributed by atoms with Crippen molar-refractivity contribution in [3.8, 4) is 0 Å². The van der Waals surface area contributed by atoms with E-state index in [0.29, 0.717) is 23.5 Å². The van der Waals surface area contributed by atoms with Crippen molar-refractivity contribution in [1.82, 2.24) is 10.2 Å². The third kappa shape index (κ3) is 4.44. The molecule has 0 aromatic rings. The number of hydrogen-bond acceptors (Lipinski definition) is 3. The maximum Gasteiger partial charge on any atom is 0.0589 e. The van der Waals surface area contributed by atoms with Crippen LogP contribution < -0.4 is 5.32 Å². The zero-order valence-electron chi connectivity index (χ0n) is 13.8. The van der Waals surface area contributed by atoms with Gasteiger partial charge in [-0.05, 0) is 38.6 Å². The lowest BCUT2D eigenvalue weighted by Crippen LogP contribution is -2.60. The van der Waals surface area contributed by atoms with Crippen molar-refractivity contribution in [1.29, 1.82) is 0 Å². The highest BCUT2D eigenvalue weighted by atomic mass is 16.5. The molecule has 0 aromatic heterocycles. The number of nitrogens with zero attached hydrogens (tertiary/aromatic N) is 1. The van der Waals surface area contributed by atoms with Crippen molar-refractivity contribution in [2.75, 3.05) is 26.8 Å². The molecule has 19 heavy (non-hydrogen) atoms. The highest BCUT2D eigenvalue weighted by Crippen LogP contribution is 2.38. The van der Waals surface area contributed by atoms with Crippen LogP contribution in [0.4, 0.5) is 0 Å². The number of likely N-dealkylation sites (N-methyl/N-ethyl adjacent to an activating group) is 1. The first-order valence-corrected chi connectivity index (χ1v) is 7.92. The first-order chi connectivity index (χ1) is 8.94. The van der Waals surface area contributed by atoms with Crippen LogP contribution in [-0.2, 0) is 4.74 Å². The third-order valence-corrected chi connectivity index (χ3v) is 4.61. The Balaban J connectivity index is 2.84. The van der Waals surface area contributed by atoms with Crippen LogP contribution in [0.15, 0.2) is 0 Å². The fraction of sp³-hybridized carbons (Fsp3) is 1.00. The van der Waals surface area contributed by atoms with E-state index in [1.54, 1.807) is 7.11 Å². The Morgan fingerprint density at radius 2 is 2.05 bits per heavy atom. The summed E-state index contributed by atoms with van der Waals surface area (Å²) < 4.78 is 5.30. The second-order valence-electron chi connectivity index (χ2n) is 6.81. The quantitative estimate of drug-likeness (QED) is 0.770. The van der Waals surface area contributed by atoms with Crippen LogP contribution >= 0.6 is 0 Å². The van der Waals surface area contributed by atoms with Gasteiger partial charge in [-0.2, -0.15) is 0 Å². The molecule has 2 atom stereocenters. The SMILES string of the molecule is CCNC1C(N(CCOC)C(C)C)CCCC1(C)C. The standard InChI is InChI=1S/C16H34N2O/c1-7-17-15-14(9-8-10-16(15,4)5)18(13(2)3)11-12-19-6/h13-15,17H,7-12H2,1-6H3. The van der Waals surface area contributed by atoms with Gasteiger partial charge in [-0.1, -0.05) is 27.2 Å². The van der Waals surface area contributed by atoms with Gasteiger partial charge in [-0.25, -0.2) is 0 Å². The fourth-order valence-electron chi connectivity index (χ4n) is 3.60. The van der Waals surface area contributed by atoms with Crippen molar-refractivity contribution in [3.63, 3.8) is 0 Å². The molecule has 1 rings (SSSR count). The summed E-state index contributed by atoms with van der Waals surface area (Å²) in [7, 11) is 1.80. The third-order valence-electron chi connectivity index (χ3n) is 4.61. The Hall–Kier alpha value is -0.120. The molecule has 1 fully saturated rings. The van der Waals surface area contributed by atoms with Crippen molar-refractivity contribution < 1.29 is 4.74 Å². The maximum atomic E-state index is 5.30. The topological polar surface area (TPSA) is 24.5 Å². The summed E-state index contributed by atoms with van der Waals surface area (Å²) in [6, 6.07) is 1.81. The van der Waals surface area contributed by atoms with Crippen molar-refractivity contribution in [3.05, 3.63) is 0 Å². The Morgan fingerprint density at radius 3 is 2.58 bits per heavy atom. The van der Waals surface area contributed by atoms with Crippen LogP contribution in [0.5, 0.6) is 0 Å². The van der Waals surface area contributed by atoms with Gasteiger partial charge in [-0.3, -0.25) is 4.90 Å². The lowest BCUT2D eigenvalue weighted by Gasteiger charge is -2.50. The number of rotatable bonds is 7. The van der Waals surface area contributed by atoms with E-state index in [4.69, 9.17) is 4.74 Å². The summed E-state index contributed by atoms with van der Waals surface area (Å²) >= 11 is 0. The van der Waals surface area contributed by atoms with Gasteiger partial charge in [0.25, 0.3) is 0 Å². The summed E-state index contributed by atoms with van der Waals surface area (Å²) in [6.07, 6.45) is 3.98. The monoisotopic (exact) mass is 270 g/mol. The molecule has 0 spiro atoms. The summed E-state index contributed by atoms with van der Waals surface area (Å²) in [5, 5.41) is 3.75. The van der Waals surface area contributed by atoms with E-state index in [2.05, 4.69) is 44.8 Å².